The molecule has 2 fully saturated rings. The van der Waals surface area contributed by atoms with Crippen LogP contribution in [0.2, 0.25) is 0 Å². The van der Waals surface area contributed by atoms with Crippen molar-refractivity contribution in [2.45, 2.75) is 58.6 Å². The third-order valence-corrected chi connectivity index (χ3v) is 5.83. The first-order valence-corrected chi connectivity index (χ1v) is 9.05. The predicted molar refractivity (Wildman–Crippen MR) is 93.7 cm³/mol. The zero-order valence-corrected chi connectivity index (χ0v) is 15.1. The summed E-state index contributed by atoms with van der Waals surface area (Å²) in [6.07, 6.45) is 2.95. The second kappa shape index (κ2) is 5.55. The van der Waals surface area contributed by atoms with Gasteiger partial charge in [-0.2, -0.15) is 0 Å². The highest BCUT2D eigenvalue weighted by Crippen LogP contribution is 2.52. The Kier molecular flexibility index (Phi) is 3.67. The van der Waals surface area contributed by atoms with Gasteiger partial charge in [0.2, 0.25) is 6.10 Å². The Bertz CT molecular complexity index is 745. The fourth-order valence-electron chi connectivity index (χ4n) is 5.27. The molecule has 4 rings (SSSR count). The van der Waals surface area contributed by atoms with Gasteiger partial charge in [0.05, 0.1) is 5.71 Å². The lowest BCUT2D eigenvalue weighted by molar-refractivity contribution is -0.143. The quantitative estimate of drug-likeness (QED) is 0.820. The van der Waals surface area contributed by atoms with Crippen molar-refractivity contribution in [2.24, 2.45) is 16.0 Å². The average Bonchev–Trinajstić information content (AvgIpc) is 3.09. The largest absolute Gasteiger partial charge is 0.382 e. The van der Waals surface area contributed by atoms with Gasteiger partial charge >= 0.3 is 0 Å². The van der Waals surface area contributed by atoms with Crippen molar-refractivity contribution in [1.29, 1.82) is 0 Å². The Morgan fingerprint density at radius 3 is 2.80 bits per heavy atom. The molecule has 4 nitrogen and oxygen atoms in total. The van der Waals surface area contributed by atoms with Crippen LogP contribution in [0, 0.1) is 16.6 Å². The summed E-state index contributed by atoms with van der Waals surface area (Å²) in [7, 11) is 0. The minimum Gasteiger partial charge on any atom is -0.382 e. The summed E-state index contributed by atoms with van der Waals surface area (Å²) in [5.74, 6) is -0.328. The Labute approximate surface area is 148 Å². The number of rotatable bonds is 2. The monoisotopic (exact) mass is 344 g/mol. The minimum atomic E-state index is -0.624. The minimum absolute atomic E-state index is 0.00140. The molecule has 0 unspecified atom stereocenters. The van der Waals surface area contributed by atoms with Crippen molar-refractivity contribution in [3.63, 3.8) is 0 Å². The van der Waals surface area contributed by atoms with E-state index in [0.717, 1.165) is 25.8 Å². The molecule has 3 atom stereocenters. The molecule has 1 amide bonds. The van der Waals surface area contributed by atoms with Gasteiger partial charge < -0.3 is 9.74 Å². The predicted octanol–water partition coefficient (Wildman–Crippen LogP) is 3.75. The average molecular weight is 344 g/mol. The van der Waals surface area contributed by atoms with Gasteiger partial charge in [-0.15, -0.1) is 0 Å². The van der Waals surface area contributed by atoms with Gasteiger partial charge in [0.1, 0.15) is 5.82 Å². The highest BCUT2D eigenvalue weighted by molar-refractivity contribution is 6.04. The van der Waals surface area contributed by atoms with Crippen LogP contribution in [0.25, 0.3) is 0 Å². The fourth-order valence-corrected chi connectivity index (χ4v) is 5.27. The number of oxime groups is 1. The Morgan fingerprint density at radius 2 is 2.04 bits per heavy atom. The van der Waals surface area contributed by atoms with E-state index in [2.05, 4.69) is 25.9 Å². The van der Waals surface area contributed by atoms with Crippen LogP contribution in [0.15, 0.2) is 29.4 Å². The van der Waals surface area contributed by atoms with E-state index in [1.54, 1.807) is 18.2 Å². The van der Waals surface area contributed by atoms with Crippen LogP contribution in [0.3, 0.4) is 0 Å². The maximum absolute atomic E-state index is 14.0. The van der Waals surface area contributed by atoms with Gasteiger partial charge in [0, 0.05) is 24.6 Å². The molecule has 1 aromatic carbocycles. The highest BCUT2D eigenvalue weighted by Gasteiger charge is 2.52. The summed E-state index contributed by atoms with van der Waals surface area (Å²) < 4.78 is 14.0. The number of carbonyl (C=O) groups is 1. The van der Waals surface area contributed by atoms with Gasteiger partial charge in [-0.1, -0.05) is 44.1 Å². The van der Waals surface area contributed by atoms with E-state index in [9.17, 15) is 9.18 Å². The fraction of sp³-hybridized carbons (Fsp3) is 0.600. The van der Waals surface area contributed by atoms with Crippen molar-refractivity contribution < 1.29 is 14.0 Å². The van der Waals surface area contributed by atoms with E-state index in [1.165, 1.54) is 6.07 Å². The van der Waals surface area contributed by atoms with Gasteiger partial charge in [-0.3, -0.25) is 4.79 Å². The topological polar surface area (TPSA) is 41.9 Å². The molecular formula is C20H25FN2O2. The van der Waals surface area contributed by atoms with Gasteiger partial charge in [-0.05, 0) is 36.2 Å². The van der Waals surface area contributed by atoms with Crippen LogP contribution >= 0.6 is 0 Å². The van der Waals surface area contributed by atoms with Crippen molar-refractivity contribution in [2.75, 3.05) is 6.54 Å². The Morgan fingerprint density at radius 1 is 1.28 bits per heavy atom. The van der Waals surface area contributed by atoms with E-state index in [0.29, 0.717) is 17.7 Å². The molecule has 0 aromatic heterocycles. The van der Waals surface area contributed by atoms with E-state index in [4.69, 9.17) is 4.84 Å². The summed E-state index contributed by atoms with van der Waals surface area (Å²) in [5, 5.41) is 4.00. The lowest BCUT2D eigenvalue weighted by Crippen LogP contribution is -2.43. The maximum Gasteiger partial charge on any atom is 0.267 e. The number of benzene rings is 1. The zero-order chi connectivity index (χ0) is 17.8. The number of amides is 1. The molecule has 3 aliphatic rings. The molecule has 1 saturated carbocycles. The summed E-state index contributed by atoms with van der Waals surface area (Å²) >= 11 is 0. The zero-order valence-electron chi connectivity index (χ0n) is 15.1. The summed E-state index contributed by atoms with van der Waals surface area (Å²) in [5.41, 5.74) is 1.39. The van der Waals surface area contributed by atoms with Crippen molar-refractivity contribution >= 4 is 11.6 Å². The first-order chi connectivity index (χ1) is 11.8. The third kappa shape index (κ3) is 2.94. The molecule has 1 saturated heterocycles. The molecule has 5 heteroatoms. The standard InChI is InChI=1S/C20H25FN2O2/c1-19(2)9-13-10-20(3,11-19)12-23(13)18(24)17-8-16(22-25-17)14-6-4-5-7-15(14)21/h4-7,13,17H,8-12H2,1-3H3/t13-,17-,20-/m0/s1. The van der Waals surface area contributed by atoms with Crippen LogP contribution in [-0.2, 0) is 9.63 Å². The van der Waals surface area contributed by atoms with Crippen LogP contribution < -0.4 is 0 Å². The lowest BCUT2D eigenvalue weighted by Gasteiger charge is -2.39. The molecule has 1 aromatic rings. The molecule has 0 spiro atoms. The van der Waals surface area contributed by atoms with E-state index >= 15 is 0 Å². The Hall–Kier alpha value is -1.91. The summed E-state index contributed by atoms with van der Waals surface area (Å²) in [6.45, 7) is 7.65. The molecule has 25 heavy (non-hydrogen) atoms. The van der Waals surface area contributed by atoms with Crippen molar-refractivity contribution in [3.05, 3.63) is 35.6 Å². The summed E-state index contributed by atoms with van der Waals surface area (Å²) in [4.78, 5) is 20.5. The number of fused-ring (bicyclic) bond motifs is 2. The van der Waals surface area contributed by atoms with Gasteiger partial charge in [0.15, 0.2) is 0 Å². The SMILES string of the molecule is CC1(C)C[C@H]2C[C@](C)(CN2C(=O)[C@@H]2CC(c3ccccc3F)=NO2)C1. The smallest absolute Gasteiger partial charge is 0.267 e. The third-order valence-electron chi connectivity index (χ3n) is 5.83. The van der Waals surface area contributed by atoms with Crippen LogP contribution in [0.5, 0.6) is 0 Å². The second-order valence-electron chi connectivity index (χ2n) is 9.00. The van der Waals surface area contributed by atoms with Crippen LogP contribution in [0.1, 0.15) is 52.0 Å². The lowest BCUT2D eigenvalue weighted by atomic mass is 9.65. The van der Waals surface area contributed by atoms with Crippen LogP contribution in [-0.4, -0.2) is 35.2 Å². The second-order valence-corrected chi connectivity index (χ2v) is 9.00. The van der Waals surface area contributed by atoms with E-state index < -0.39 is 6.10 Å². The van der Waals surface area contributed by atoms with Gasteiger partial charge in [0.25, 0.3) is 5.91 Å². The summed E-state index contributed by atoms with van der Waals surface area (Å²) in [6, 6.07) is 6.77. The normalized spacial score (nSPS) is 33.1. The van der Waals surface area contributed by atoms with E-state index in [-0.39, 0.29) is 28.6 Å². The van der Waals surface area contributed by atoms with Gasteiger partial charge in [-0.25, -0.2) is 4.39 Å². The molecule has 0 radical (unpaired) electrons. The number of nitrogens with zero attached hydrogens (tertiary/aromatic N) is 2. The maximum atomic E-state index is 14.0. The molecule has 2 heterocycles. The first kappa shape index (κ1) is 16.6. The molecule has 2 aliphatic heterocycles. The molecule has 134 valence electrons. The number of likely N-dealkylation sites (tertiary alicyclic amines) is 1. The molecule has 0 N–H and O–H groups in total. The van der Waals surface area contributed by atoms with E-state index in [1.807, 2.05) is 4.90 Å². The number of carbonyl (C=O) groups excluding carboxylic acids is 1. The molecular weight excluding hydrogens is 319 g/mol. The van der Waals surface area contributed by atoms with Crippen molar-refractivity contribution in [3.8, 4) is 0 Å². The highest BCUT2D eigenvalue weighted by atomic mass is 19.1. The number of hydrogen-bond acceptors (Lipinski definition) is 3. The number of hydrogen-bond donors (Lipinski definition) is 0. The first-order valence-electron chi connectivity index (χ1n) is 9.05. The number of halogens is 1. The molecule has 1 aliphatic carbocycles. The van der Waals surface area contributed by atoms with Crippen LogP contribution in [0.4, 0.5) is 4.39 Å². The Balaban J connectivity index is 1.48. The van der Waals surface area contributed by atoms with Crippen molar-refractivity contribution in [1.82, 2.24) is 4.90 Å². The molecule has 2 bridgehead atoms.